The van der Waals surface area contributed by atoms with Gasteiger partial charge in [-0.2, -0.15) is 0 Å². The third kappa shape index (κ3) is 4.93. The van der Waals surface area contributed by atoms with Crippen molar-refractivity contribution in [2.75, 3.05) is 29.1 Å². The number of carbonyl (C=O) groups excluding carboxylic acids is 1. The fourth-order valence-electron chi connectivity index (χ4n) is 3.92. The summed E-state index contributed by atoms with van der Waals surface area (Å²) in [5.74, 6) is 0.0687. The summed E-state index contributed by atoms with van der Waals surface area (Å²) in [4.78, 5) is 32.5. The number of benzene rings is 2. The van der Waals surface area contributed by atoms with Gasteiger partial charge in [0.15, 0.2) is 5.16 Å². The highest BCUT2D eigenvalue weighted by atomic mass is 32.2. The van der Waals surface area contributed by atoms with E-state index in [2.05, 4.69) is 27.3 Å². The van der Waals surface area contributed by atoms with Gasteiger partial charge in [0.1, 0.15) is 0 Å². The number of anilines is 2. The molecule has 4 rings (SSSR count). The standard InChI is InChI=1S/C24H28N4O2S/c1-17(2)28-23(30)20-8-4-5-9-21(20)26-24(28)31-16-22(29)25-18-10-12-19(13-11-18)27-14-6-3-7-15-27/h4-5,8-13,17H,3,6-7,14-16H2,1-2H3,(H,25,29). The quantitative estimate of drug-likeness (QED) is 0.448. The molecule has 1 aliphatic rings. The summed E-state index contributed by atoms with van der Waals surface area (Å²) < 4.78 is 1.66. The second kappa shape index (κ2) is 9.56. The lowest BCUT2D eigenvalue weighted by Crippen LogP contribution is -2.29. The van der Waals surface area contributed by atoms with Crippen LogP contribution in [0.2, 0.25) is 0 Å². The van der Waals surface area contributed by atoms with E-state index in [0.29, 0.717) is 16.1 Å². The Bertz CT molecular complexity index is 1120. The van der Waals surface area contributed by atoms with Crippen LogP contribution in [-0.2, 0) is 4.79 Å². The van der Waals surface area contributed by atoms with Crippen LogP contribution >= 0.6 is 11.8 Å². The van der Waals surface area contributed by atoms with Crippen LogP contribution in [0.3, 0.4) is 0 Å². The molecule has 162 valence electrons. The lowest BCUT2D eigenvalue weighted by molar-refractivity contribution is -0.113. The summed E-state index contributed by atoms with van der Waals surface area (Å²) in [5, 5.41) is 4.11. The van der Waals surface area contributed by atoms with Gasteiger partial charge < -0.3 is 10.2 Å². The van der Waals surface area contributed by atoms with E-state index in [1.807, 2.05) is 44.2 Å². The average Bonchev–Trinajstić information content (AvgIpc) is 2.78. The molecule has 0 saturated carbocycles. The van der Waals surface area contributed by atoms with Gasteiger partial charge >= 0.3 is 0 Å². The molecule has 1 amide bonds. The maximum Gasteiger partial charge on any atom is 0.262 e. The third-order valence-electron chi connectivity index (χ3n) is 5.50. The number of rotatable bonds is 6. The highest BCUT2D eigenvalue weighted by Crippen LogP contribution is 2.23. The molecule has 1 N–H and O–H groups in total. The molecule has 7 heteroatoms. The number of para-hydroxylation sites is 1. The van der Waals surface area contributed by atoms with Crippen molar-refractivity contribution in [2.45, 2.75) is 44.3 Å². The highest BCUT2D eigenvalue weighted by molar-refractivity contribution is 7.99. The summed E-state index contributed by atoms with van der Waals surface area (Å²) in [6.07, 6.45) is 3.78. The molecule has 0 radical (unpaired) electrons. The van der Waals surface area contributed by atoms with Crippen molar-refractivity contribution in [3.63, 3.8) is 0 Å². The van der Waals surface area contributed by atoms with Gasteiger partial charge in [0.25, 0.3) is 5.56 Å². The Morgan fingerprint density at radius 1 is 1.06 bits per heavy atom. The third-order valence-corrected chi connectivity index (χ3v) is 6.45. The molecular weight excluding hydrogens is 408 g/mol. The zero-order chi connectivity index (χ0) is 21.8. The van der Waals surface area contributed by atoms with Crippen LogP contribution in [0.5, 0.6) is 0 Å². The number of hydrogen-bond donors (Lipinski definition) is 1. The fourth-order valence-corrected chi connectivity index (χ4v) is 4.85. The molecule has 0 aliphatic carbocycles. The molecule has 31 heavy (non-hydrogen) atoms. The molecule has 2 aromatic carbocycles. The summed E-state index contributed by atoms with van der Waals surface area (Å²) in [6, 6.07) is 15.3. The van der Waals surface area contributed by atoms with Crippen molar-refractivity contribution >= 4 is 39.9 Å². The predicted octanol–water partition coefficient (Wildman–Crippen LogP) is 4.70. The molecule has 1 aliphatic heterocycles. The minimum Gasteiger partial charge on any atom is -0.372 e. The topological polar surface area (TPSA) is 67.2 Å². The number of amides is 1. The number of nitrogens with zero attached hydrogens (tertiary/aromatic N) is 3. The van der Waals surface area contributed by atoms with E-state index in [0.717, 1.165) is 18.8 Å². The first-order chi connectivity index (χ1) is 15.0. The molecule has 0 bridgehead atoms. The normalized spacial score (nSPS) is 14.2. The molecule has 0 unspecified atom stereocenters. The number of nitrogens with one attached hydrogen (secondary N) is 1. The van der Waals surface area contributed by atoms with Gasteiger partial charge in [-0.15, -0.1) is 0 Å². The molecule has 1 aromatic heterocycles. The molecule has 0 atom stereocenters. The molecule has 0 spiro atoms. The molecule has 1 saturated heterocycles. The lowest BCUT2D eigenvalue weighted by atomic mass is 10.1. The first-order valence-electron chi connectivity index (χ1n) is 10.8. The van der Waals surface area contributed by atoms with Gasteiger partial charge in [-0.1, -0.05) is 23.9 Å². The van der Waals surface area contributed by atoms with Crippen LogP contribution in [0.15, 0.2) is 58.5 Å². The van der Waals surface area contributed by atoms with Gasteiger partial charge in [0, 0.05) is 30.5 Å². The summed E-state index contributed by atoms with van der Waals surface area (Å²) in [7, 11) is 0. The first kappa shape index (κ1) is 21.4. The Morgan fingerprint density at radius 3 is 2.48 bits per heavy atom. The van der Waals surface area contributed by atoms with Gasteiger partial charge in [0.05, 0.1) is 16.7 Å². The zero-order valence-corrected chi connectivity index (χ0v) is 18.8. The van der Waals surface area contributed by atoms with Crippen LogP contribution in [0, 0.1) is 0 Å². The summed E-state index contributed by atoms with van der Waals surface area (Å²) in [5.41, 5.74) is 2.56. The Hall–Kier alpha value is -2.80. The zero-order valence-electron chi connectivity index (χ0n) is 18.0. The fraction of sp³-hybridized carbons (Fsp3) is 0.375. The van der Waals surface area contributed by atoms with Crippen LogP contribution in [0.25, 0.3) is 10.9 Å². The van der Waals surface area contributed by atoms with E-state index in [9.17, 15) is 9.59 Å². The molecule has 1 fully saturated rings. The highest BCUT2D eigenvalue weighted by Gasteiger charge is 2.16. The van der Waals surface area contributed by atoms with Crippen molar-refractivity contribution in [3.8, 4) is 0 Å². The van der Waals surface area contributed by atoms with Crippen molar-refractivity contribution in [3.05, 3.63) is 58.9 Å². The van der Waals surface area contributed by atoms with E-state index in [1.165, 1.54) is 36.7 Å². The van der Waals surface area contributed by atoms with Gasteiger partial charge in [0.2, 0.25) is 5.91 Å². The monoisotopic (exact) mass is 436 g/mol. The van der Waals surface area contributed by atoms with E-state index >= 15 is 0 Å². The number of piperidine rings is 1. The Kier molecular flexibility index (Phi) is 6.61. The lowest BCUT2D eigenvalue weighted by Gasteiger charge is -2.28. The second-order valence-corrected chi connectivity index (χ2v) is 9.05. The van der Waals surface area contributed by atoms with Crippen molar-refractivity contribution in [1.82, 2.24) is 9.55 Å². The van der Waals surface area contributed by atoms with Crippen LogP contribution in [0.4, 0.5) is 11.4 Å². The first-order valence-corrected chi connectivity index (χ1v) is 11.8. The van der Waals surface area contributed by atoms with Gasteiger partial charge in [-0.25, -0.2) is 4.98 Å². The molecule has 6 nitrogen and oxygen atoms in total. The maximum atomic E-state index is 12.9. The molecule has 3 aromatic rings. The molecular formula is C24H28N4O2S. The van der Waals surface area contributed by atoms with E-state index in [1.54, 1.807) is 10.6 Å². The number of thioether (sulfide) groups is 1. The van der Waals surface area contributed by atoms with E-state index in [-0.39, 0.29) is 23.3 Å². The van der Waals surface area contributed by atoms with E-state index in [4.69, 9.17) is 0 Å². The minimum absolute atomic E-state index is 0.0440. The number of carbonyl (C=O) groups is 1. The Labute approximate surface area is 186 Å². The van der Waals surface area contributed by atoms with Gasteiger partial charge in [-0.3, -0.25) is 14.2 Å². The SMILES string of the molecule is CC(C)n1c(SCC(=O)Nc2ccc(N3CCCCC3)cc2)nc2ccccc2c1=O. The summed E-state index contributed by atoms with van der Waals surface area (Å²) in [6.45, 7) is 6.09. The Balaban J connectivity index is 1.43. The largest absolute Gasteiger partial charge is 0.372 e. The molecule has 2 heterocycles. The number of aromatic nitrogens is 2. The minimum atomic E-state index is -0.117. The second-order valence-electron chi connectivity index (χ2n) is 8.11. The van der Waals surface area contributed by atoms with Crippen molar-refractivity contribution in [2.24, 2.45) is 0 Å². The summed E-state index contributed by atoms with van der Waals surface area (Å²) >= 11 is 1.29. The average molecular weight is 437 g/mol. The maximum absolute atomic E-state index is 12.9. The smallest absolute Gasteiger partial charge is 0.262 e. The van der Waals surface area contributed by atoms with Crippen LogP contribution in [-0.4, -0.2) is 34.3 Å². The predicted molar refractivity (Wildman–Crippen MR) is 128 cm³/mol. The van der Waals surface area contributed by atoms with Crippen LogP contribution in [0.1, 0.15) is 39.2 Å². The van der Waals surface area contributed by atoms with Crippen molar-refractivity contribution < 1.29 is 4.79 Å². The van der Waals surface area contributed by atoms with Gasteiger partial charge in [-0.05, 0) is 69.5 Å². The number of hydrogen-bond acceptors (Lipinski definition) is 5. The van der Waals surface area contributed by atoms with Crippen molar-refractivity contribution in [1.29, 1.82) is 0 Å². The van der Waals surface area contributed by atoms with E-state index < -0.39 is 0 Å². The number of fused-ring (bicyclic) bond motifs is 1. The Morgan fingerprint density at radius 2 is 1.77 bits per heavy atom. The van der Waals surface area contributed by atoms with Crippen LogP contribution < -0.4 is 15.8 Å².